The molecule has 1 aromatic carbocycles. The highest BCUT2D eigenvalue weighted by atomic mass is 16.5. The van der Waals surface area contributed by atoms with Crippen molar-refractivity contribution in [1.82, 2.24) is 14.8 Å². The molecule has 0 amide bonds. The summed E-state index contributed by atoms with van der Waals surface area (Å²) in [7, 11) is -2.49. The van der Waals surface area contributed by atoms with Crippen molar-refractivity contribution in [2.24, 2.45) is 0 Å². The van der Waals surface area contributed by atoms with E-state index >= 15 is 0 Å². The van der Waals surface area contributed by atoms with Gasteiger partial charge in [0.2, 0.25) is 5.88 Å². The molecule has 0 saturated carbocycles. The van der Waals surface area contributed by atoms with Crippen LogP contribution in [0.5, 0.6) is 5.88 Å². The Balaban J connectivity index is 1.84. The van der Waals surface area contributed by atoms with Gasteiger partial charge in [-0.1, -0.05) is 38.1 Å². The first kappa shape index (κ1) is 17.0. The number of hydrogen-bond acceptors (Lipinski definition) is 4. The second kappa shape index (κ2) is 8.62. The van der Waals surface area contributed by atoms with Crippen LogP contribution in [0.1, 0.15) is 67.4 Å². The summed E-state index contributed by atoms with van der Waals surface area (Å²) < 4.78 is 26.9. The van der Waals surface area contributed by atoms with Gasteiger partial charge in [0.05, 0.1) is 11.2 Å². The number of hydrogen-bond donors (Lipinski definition) is 0. The molecule has 0 N–H and O–H groups in total. The zero-order valence-corrected chi connectivity index (χ0v) is 17.8. The van der Waals surface area contributed by atoms with E-state index in [0.717, 1.165) is 31.7 Å². The summed E-state index contributed by atoms with van der Waals surface area (Å²) in [6.45, 7) is 14.9. The maximum Gasteiger partial charge on any atom is 0.213 e. The highest BCUT2D eigenvalue weighted by molar-refractivity contribution is 5.33. The van der Waals surface area contributed by atoms with E-state index in [9.17, 15) is 0 Å². The number of rotatable bonds is 5. The van der Waals surface area contributed by atoms with E-state index in [4.69, 9.17) is 8.85 Å². The van der Waals surface area contributed by atoms with E-state index < -0.39 is 7.04 Å². The van der Waals surface area contributed by atoms with Crippen molar-refractivity contribution in [2.75, 3.05) is 26.7 Å². The summed E-state index contributed by atoms with van der Waals surface area (Å²) in [5.74, 6) is 0.612. The summed E-state index contributed by atoms with van der Waals surface area (Å²) in [6, 6.07) is 12.8. The second-order valence-electron chi connectivity index (χ2n) is 9.00. The molecule has 2 heterocycles. The Labute approximate surface area is 174 Å². The molecule has 1 atom stereocenters. The number of piperazine rings is 1. The third kappa shape index (κ3) is 4.73. The van der Waals surface area contributed by atoms with Crippen molar-refractivity contribution in [1.29, 1.82) is 0 Å². The largest absolute Gasteiger partial charge is 0.481 e. The minimum Gasteiger partial charge on any atom is -0.481 e. The molecule has 4 nitrogen and oxygen atoms in total. The van der Waals surface area contributed by atoms with Gasteiger partial charge in [0.25, 0.3) is 0 Å². The third-order valence-corrected chi connectivity index (χ3v) is 5.61. The lowest BCUT2D eigenvalue weighted by Gasteiger charge is -2.49. The van der Waals surface area contributed by atoms with Crippen molar-refractivity contribution < 1.29 is 8.85 Å². The Morgan fingerprint density at radius 1 is 1.21 bits per heavy atom. The third-order valence-electron chi connectivity index (χ3n) is 5.61. The molecule has 1 aromatic heterocycles. The first-order valence-corrected chi connectivity index (χ1v) is 10.2. The monoisotopic (exact) mass is 384 g/mol. The van der Waals surface area contributed by atoms with Crippen LogP contribution in [-0.4, -0.2) is 47.0 Å². The molecule has 1 unspecified atom stereocenters. The molecule has 152 valence electrons. The van der Waals surface area contributed by atoms with Crippen molar-refractivity contribution in [3.63, 3.8) is 0 Å². The molecule has 1 aliphatic rings. The molecule has 0 radical (unpaired) electrons. The number of benzene rings is 1. The lowest BCUT2D eigenvalue weighted by molar-refractivity contribution is 0.00553. The van der Waals surface area contributed by atoms with E-state index in [0.29, 0.717) is 12.0 Å². The van der Waals surface area contributed by atoms with E-state index in [1.165, 1.54) is 11.1 Å². The molecule has 0 spiro atoms. The van der Waals surface area contributed by atoms with E-state index in [1.54, 1.807) is 12.3 Å². The van der Waals surface area contributed by atoms with E-state index in [-0.39, 0.29) is 11.4 Å². The molecule has 3 rings (SSSR count). The van der Waals surface area contributed by atoms with Crippen LogP contribution in [0.25, 0.3) is 0 Å². The average Bonchev–Trinajstić information content (AvgIpc) is 2.66. The van der Waals surface area contributed by atoms with Crippen LogP contribution in [0.15, 0.2) is 42.6 Å². The summed E-state index contributed by atoms with van der Waals surface area (Å²) in [6.07, 6.45) is 1.62. The maximum absolute atomic E-state index is 7.30. The van der Waals surface area contributed by atoms with Crippen LogP contribution in [0.4, 0.5) is 0 Å². The predicted molar refractivity (Wildman–Crippen MR) is 116 cm³/mol. The molecular weight excluding hydrogens is 346 g/mol. The van der Waals surface area contributed by atoms with Crippen LogP contribution in [0, 0.1) is 0 Å². The highest BCUT2D eigenvalue weighted by Gasteiger charge is 2.35. The van der Waals surface area contributed by atoms with Crippen molar-refractivity contribution >= 4 is 0 Å². The molecular formula is C24H35N3O. The number of ether oxygens (including phenoxy) is 1. The number of methoxy groups -OCH3 is 1. The molecule has 0 bridgehead atoms. The number of pyridine rings is 1. The Morgan fingerprint density at radius 3 is 2.71 bits per heavy atom. The minimum absolute atomic E-state index is 0.0677. The Hall–Kier alpha value is -1.91. The van der Waals surface area contributed by atoms with Crippen LogP contribution >= 0.6 is 0 Å². The topological polar surface area (TPSA) is 28.6 Å². The van der Waals surface area contributed by atoms with Crippen molar-refractivity contribution in [3.8, 4) is 5.88 Å². The summed E-state index contributed by atoms with van der Waals surface area (Å²) in [4.78, 5) is 9.10. The number of nitrogens with zero attached hydrogens (tertiary/aromatic N) is 3. The molecule has 2 aromatic rings. The van der Waals surface area contributed by atoms with Gasteiger partial charge in [0.15, 0.2) is 0 Å². The molecule has 0 aliphatic carbocycles. The average molecular weight is 385 g/mol. The van der Waals surface area contributed by atoms with Gasteiger partial charge in [0.1, 0.15) is 0 Å². The zero-order chi connectivity index (χ0) is 22.8. The zero-order valence-electron chi connectivity index (χ0n) is 20.8. The Morgan fingerprint density at radius 2 is 2.00 bits per heavy atom. The fourth-order valence-electron chi connectivity index (χ4n) is 4.26. The number of aromatic nitrogens is 1. The minimum atomic E-state index is -2.49. The van der Waals surface area contributed by atoms with Crippen LogP contribution < -0.4 is 4.74 Å². The van der Waals surface area contributed by atoms with Gasteiger partial charge in [-0.3, -0.25) is 9.80 Å². The quantitative estimate of drug-likeness (QED) is 0.735. The summed E-state index contributed by atoms with van der Waals surface area (Å²) in [5, 5.41) is 0. The smallest absolute Gasteiger partial charge is 0.213 e. The Kier molecular flexibility index (Phi) is 5.23. The molecule has 28 heavy (non-hydrogen) atoms. The second-order valence-corrected chi connectivity index (χ2v) is 9.00. The standard InChI is InChI=1S/C24H35N3O/c1-18(2)20-9-7-8-10-21(20)22-17-26(13-14-27(22)24(3,4)5)16-19-11-12-25-23(15-19)28-6/h7-12,15,18,22H,13-14,16-17H2,1-6H3/i6D3. The predicted octanol–water partition coefficient (Wildman–Crippen LogP) is 4.87. The van der Waals surface area contributed by atoms with E-state index in [1.807, 2.05) is 6.07 Å². The van der Waals surface area contributed by atoms with Gasteiger partial charge in [-0.2, -0.15) is 0 Å². The van der Waals surface area contributed by atoms with Gasteiger partial charge in [-0.25, -0.2) is 4.98 Å². The Bertz CT molecular complexity index is 877. The lowest BCUT2D eigenvalue weighted by Crippen LogP contribution is -2.55. The van der Waals surface area contributed by atoms with Crippen LogP contribution in [0.2, 0.25) is 0 Å². The van der Waals surface area contributed by atoms with Crippen molar-refractivity contribution in [2.45, 2.75) is 58.7 Å². The van der Waals surface area contributed by atoms with Crippen LogP contribution in [-0.2, 0) is 6.54 Å². The highest BCUT2D eigenvalue weighted by Crippen LogP contribution is 2.36. The summed E-state index contributed by atoms with van der Waals surface area (Å²) >= 11 is 0. The normalized spacial score (nSPS) is 21.2. The van der Waals surface area contributed by atoms with Gasteiger partial charge in [0, 0.05) is 50.0 Å². The van der Waals surface area contributed by atoms with Crippen LogP contribution in [0.3, 0.4) is 0 Å². The molecule has 1 aliphatic heterocycles. The summed E-state index contributed by atoms with van der Waals surface area (Å²) in [5.41, 5.74) is 3.88. The maximum atomic E-state index is 7.30. The van der Waals surface area contributed by atoms with Gasteiger partial charge >= 0.3 is 0 Å². The lowest BCUT2D eigenvalue weighted by atomic mass is 9.88. The van der Waals surface area contributed by atoms with Gasteiger partial charge < -0.3 is 4.74 Å². The fourth-order valence-corrected chi connectivity index (χ4v) is 4.26. The van der Waals surface area contributed by atoms with E-state index in [2.05, 4.69) is 73.7 Å². The van der Waals surface area contributed by atoms with Gasteiger partial charge in [-0.15, -0.1) is 0 Å². The first-order valence-electron chi connectivity index (χ1n) is 11.7. The fraction of sp³-hybridized carbons (Fsp3) is 0.542. The first-order chi connectivity index (χ1) is 14.4. The molecule has 1 saturated heterocycles. The van der Waals surface area contributed by atoms with Gasteiger partial charge in [-0.05, 0) is 49.4 Å². The molecule has 4 heteroatoms. The SMILES string of the molecule is [2H]C([2H])([2H])Oc1cc(CN2CCN(C(C)(C)C)C(c3ccccc3C(C)C)C2)ccn1. The molecule has 1 fully saturated rings. The van der Waals surface area contributed by atoms with Crippen molar-refractivity contribution in [3.05, 3.63) is 59.3 Å².